The van der Waals surface area contributed by atoms with Crippen molar-refractivity contribution in [3.63, 3.8) is 0 Å². The maximum atomic E-state index is 12.5. The van der Waals surface area contributed by atoms with Crippen LogP contribution in [-0.4, -0.2) is 44.0 Å². The van der Waals surface area contributed by atoms with Crippen molar-refractivity contribution in [1.82, 2.24) is 4.31 Å². The van der Waals surface area contributed by atoms with Crippen LogP contribution in [0, 0.1) is 5.92 Å². The van der Waals surface area contributed by atoms with Crippen molar-refractivity contribution in [2.45, 2.75) is 18.7 Å². The lowest BCUT2D eigenvalue weighted by molar-refractivity contribution is -0.141. The van der Waals surface area contributed by atoms with Gasteiger partial charge in [0.25, 0.3) is 0 Å². The number of halogens is 1. The molecule has 0 aliphatic heterocycles. The molecule has 0 radical (unpaired) electrons. The van der Waals surface area contributed by atoms with Crippen LogP contribution in [0.3, 0.4) is 0 Å². The zero-order chi connectivity index (χ0) is 16.2. The van der Waals surface area contributed by atoms with Gasteiger partial charge >= 0.3 is 5.97 Å². The van der Waals surface area contributed by atoms with E-state index in [2.05, 4.69) is 0 Å². The molecule has 1 rings (SSSR count). The molecule has 0 amide bonds. The Morgan fingerprint density at radius 2 is 2.10 bits per heavy atom. The highest BCUT2D eigenvalue weighted by Gasteiger charge is 2.27. The maximum Gasteiger partial charge on any atom is 0.307 e. The van der Waals surface area contributed by atoms with Gasteiger partial charge in [0.15, 0.2) is 0 Å². The number of nitrogens with zero attached hydrogens (tertiary/aromatic N) is 1. The molecule has 6 nitrogen and oxygen atoms in total. The second-order valence-corrected chi connectivity index (χ2v) is 6.84. The second-order valence-electron chi connectivity index (χ2n) is 4.49. The van der Waals surface area contributed by atoms with Crippen LogP contribution in [0.15, 0.2) is 23.1 Å². The van der Waals surface area contributed by atoms with Crippen LogP contribution < -0.4 is 4.74 Å². The molecule has 0 saturated carbocycles. The number of benzene rings is 1. The molecule has 1 aromatic rings. The fraction of sp³-hybridized carbons (Fsp3) is 0.462. The summed E-state index contributed by atoms with van der Waals surface area (Å²) in [5.74, 6) is -1.47. The number of carboxylic acid groups (broad SMARTS) is 1. The van der Waals surface area contributed by atoms with Gasteiger partial charge < -0.3 is 9.84 Å². The zero-order valence-electron chi connectivity index (χ0n) is 12.0. The Kier molecular flexibility index (Phi) is 6.00. The van der Waals surface area contributed by atoms with Crippen LogP contribution in [0.2, 0.25) is 5.02 Å². The summed E-state index contributed by atoms with van der Waals surface area (Å²) in [6.45, 7) is 3.18. The van der Waals surface area contributed by atoms with E-state index < -0.39 is 21.9 Å². The molecule has 0 aliphatic carbocycles. The third kappa shape index (κ3) is 4.09. The van der Waals surface area contributed by atoms with Crippen LogP contribution in [0.4, 0.5) is 0 Å². The molecule has 1 N–H and O–H groups in total. The molecular formula is C13H18ClNO5S. The lowest BCUT2D eigenvalue weighted by Crippen LogP contribution is -2.36. The summed E-state index contributed by atoms with van der Waals surface area (Å²) in [6, 6.07) is 4.14. The number of sulfonamides is 1. The minimum atomic E-state index is -3.80. The van der Waals surface area contributed by atoms with Gasteiger partial charge in [-0.3, -0.25) is 4.79 Å². The predicted molar refractivity (Wildman–Crippen MR) is 79.2 cm³/mol. The van der Waals surface area contributed by atoms with E-state index in [1.807, 2.05) is 0 Å². The molecule has 21 heavy (non-hydrogen) atoms. The first-order chi connectivity index (χ1) is 9.73. The minimum Gasteiger partial charge on any atom is -0.495 e. The Morgan fingerprint density at radius 1 is 1.48 bits per heavy atom. The van der Waals surface area contributed by atoms with Crippen LogP contribution in [0.5, 0.6) is 5.75 Å². The first kappa shape index (κ1) is 17.7. The number of carboxylic acids is 1. The lowest BCUT2D eigenvalue weighted by Gasteiger charge is -2.22. The fourth-order valence-corrected chi connectivity index (χ4v) is 3.62. The summed E-state index contributed by atoms with van der Waals surface area (Å²) in [5.41, 5.74) is 0. The van der Waals surface area contributed by atoms with Gasteiger partial charge in [0.05, 0.1) is 22.9 Å². The number of hydrogen-bond acceptors (Lipinski definition) is 4. The molecule has 0 bridgehead atoms. The van der Waals surface area contributed by atoms with Gasteiger partial charge in [-0.25, -0.2) is 8.42 Å². The van der Waals surface area contributed by atoms with E-state index in [-0.39, 0.29) is 23.0 Å². The van der Waals surface area contributed by atoms with Crippen LogP contribution in [-0.2, 0) is 14.8 Å². The van der Waals surface area contributed by atoms with E-state index in [1.54, 1.807) is 6.92 Å². The molecule has 0 aromatic heterocycles. The quantitative estimate of drug-likeness (QED) is 0.824. The van der Waals surface area contributed by atoms with Crippen molar-refractivity contribution in [3.8, 4) is 5.75 Å². The number of methoxy groups -OCH3 is 1. The van der Waals surface area contributed by atoms with Crippen molar-refractivity contribution in [2.75, 3.05) is 20.2 Å². The molecule has 0 spiro atoms. The number of ether oxygens (including phenoxy) is 1. The average Bonchev–Trinajstić information content (AvgIpc) is 2.43. The topological polar surface area (TPSA) is 83.9 Å². The molecule has 1 aromatic carbocycles. The van der Waals surface area contributed by atoms with Crippen molar-refractivity contribution in [1.29, 1.82) is 0 Å². The molecule has 1 atom stereocenters. The van der Waals surface area contributed by atoms with Crippen molar-refractivity contribution >= 4 is 27.6 Å². The number of aliphatic carboxylic acids is 1. The summed E-state index contributed by atoms with van der Waals surface area (Å²) in [5, 5.41) is 9.10. The smallest absolute Gasteiger partial charge is 0.307 e. The average molecular weight is 336 g/mol. The molecule has 1 unspecified atom stereocenters. The van der Waals surface area contributed by atoms with E-state index >= 15 is 0 Å². The van der Waals surface area contributed by atoms with E-state index in [0.717, 1.165) is 4.31 Å². The molecule has 0 aliphatic rings. The summed E-state index contributed by atoms with van der Waals surface area (Å²) >= 11 is 5.94. The molecule has 0 fully saturated rings. The molecule has 118 valence electrons. The Balaban J connectivity index is 3.12. The normalized spacial score (nSPS) is 13.2. The van der Waals surface area contributed by atoms with Gasteiger partial charge in [0, 0.05) is 13.1 Å². The standard InChI is InChI=1S/C13H18ClNO5S/c1-4-15(8-9(2)13(16)17)21(18,19)10-5-6-12(20-3)11(14)7-10/h5-7,9H,4,8H2,1-3H3,(H,16,17). The summed E-state index contributed by atoms with van der Waals surface area (Å²) in [4.78, 5) is 10.9. The van der Waals surface area contributed by atoms with E-state index in [4.69, 9.17) is 21.4 Å². The van der Waals surface area contributed by atoms with Crippen molar-refractivity contribution in [2.24, 2.45) is 5.92 Å². The Morgan fingerprint density at radius 3 is 2.52 bits per heavy atom. The van der Waals surface area contributed by atoms with Crippen molar-refractivity contribution < 1.29 is 23.1 Å². The molecule has 8 heteroatoms. The van der Waals surface area contributed by atoms with Gasteiger partial charge in [-0.15, -0.1) is 0 Å². The summed E-state index contributed by atoms with van der Waals surface area (Å²) < 4.78 is 31.1. The Labute approximate surface area is 129 Å². The van der Waals surface area contributed by atoms with Gasteiger partial charge in [-0.1, -0.05) is 25.4 Å². The molecule has 0 heterocycles. The molecular weight excluding hydrogens is 318 g/mol. The van der Waals surface area contributed by atoms with Crippen LogP contribution >= 0.6 is 11.6 Å². The van der Waals surface area contributed by atoms with E-state index in [0.29, 0.717) is 5.75 Å². The van der Waals surface area contributed by atoms with E-state index in [1.165, 1.54) is 32.2 Å². The summed E-state index contributed by atoms with van der Waals surface area (Å²) in [6.07, 6.45) is 0. The monoisotopic (exact) mass is 335 g/mol. The molecule has 0 saturated heterocycles. The first-order valence-electron chi connectivity index (χ1n) is 6.30. The van der Waals surface area contributed by atoms with Gasteiger partial charge in [0.1, 0.15) is 5.75 Å². The van der Waals surface area contributed by atoms with Crippen LogP contribution in [0.1, 0.15) is 13.8 Å². The number of hydrogen-bond donors (Lipinski definition) is 1. The highest BCUT2D eigenvalue weighted by molar-refractivity contribution is 7.89. The SMILES string of the molecule is CCN(CC(C)C(=O)O)S(=O)(=O)c1ccc(OC)c(Cl)c1. The summed E-state index contributed by atoms with van der Waals surface area (Å²) in [7, 11) is -2.36. The largest absolute Gasteiger partial charge is 0.495 e. The number of rotatable bonds is 7. The zero-order valence-corrected chi connectivity index (χ0v) is 13.6. The number of carbonyl (C=O) groups is 1. The third-order valence-corrected chi connectivity index (χ3v) is 5.24. The predicted octanol–water partition coefficient (Wildman–Crippen LogP) is 2.08. The lowest BCUT2D eigenvalue weighted by atomic mass is 10.2. The van der Waals surface area contributed by atoms with Gasteiger partial charge in [-0.05, 0) is 18.2 Å². The second kappa shape index (κ2) is 7.11. The Bertz CT molecular complexity index is 617. The minimum absolute atomic E-state index is 0.00717. The highest BCUT2D eigenvalue weighted by Crippen LogP contribution is 2.28. The van der Waals surface area contributed by atoms with Gasteiger partial charge in [-0.2, -0.15) is 4.31 Å². The fourth-order valence-electron chi connectivity index (χ4n) is 1.74. The maximum absolute atomic E-state index is 12.5. The van der Waals surface area contributed by atoms with Crippen molar-refractivity contribution in [3.05, 3.63) is 23.2 Å². The Hall–Kier alpha value is -1.31. The van der Waals surface area contributed by atoms with E-state index in [9.17, 15) is 13.2 Å². The highest BCUT2D eigenvalue weighted by atomic mass is 35.5. The van der Waals surface area contributed by atoms with Crippen LogP contribution in [0.25, 0.3) is 0 Å². The third-order valence-electron chi connectivity index (χ3n) is 3.01. The van der Waals surface area contributed by atoms with Gasteiger partial charge in [0.2, 0.25) is 10.0 Å². The first-order valence-corrected chi connectivity index (χ1v) is 8.12.